The van der Waals surface area contributed by atoms with Gasteiger partial charge in [0.2, 0.25) is 0 Å². The van der Waals surface area contributed by atoms with Crippen LogP contribution in [-0.2, 0) is 6.61 Å². The molecule has 2 N–H and O–H groups in total. The van der Waals surface area contributed by atoms with Gasteiger partial charge >= 0.3 is 0 Å². The van der Waals surface area contributed by atoms with Crippen LogP contribution in [0.1, 0.15) is 24.1 Å². The fraction of sp³-hybridized carbons (Fsp3) is 0.200. The number of hydrogen-bond donors (Lipinski definition) is 1. The molecule has 0 fully saturated rings. The lowest BCUT2D eigenvalue weighted by Gasteiger charge is -2.14. The highest BCUT2D eigenvalue weighted by Gasteiger charge is 2.12. The Labute approximate surface area is 115 Å². The quantitative estimate of drug-likeness (QED) is 0.927. The maximum Gasteiger partial charge on any atom is 0.165 e. The summed E-state index contributed by atoms with van der Waals surface area (Å²) in [6.07, 6.45) is 0. The summed E-state index contributed by atoms with van der Waals surface area (Å²) in [5.74, 6) is -2.17. The van der Waals surface area contributed by atoms with Crippen molar-refractivity contribution in [2.45, 2.75) is 19.6 Å². The van der Waals surface area contributed by atoms with Crippen molar-refractivity contribution in [3.8, 4) is 5.75 Å². The monoisotopic (exact) mass is 281 g/mol. The van der Waals surface area contributed by atoms with Gasteiger partial charge in [-0.1, -0.05) is 18.2 Å². The molecule has 0 aliphatic carbocycles. The minimum Gasteiger partial charge on any atom is -0.488 e. The second-order valence-corrected chi connectivity index (χ2v) is 4.47. The molecule has 5 heteroatoms. The summed E-state index contributed by atoms with van der Waals surface area (Å²) in [6, 6.07) is 7.41. The summed E-state index contributed by atoms with van der Waals surface area (Å²) < 4.78 is 45.2. The van der Waals surface area contributed by atoms with E-state index in [1.165, 1.54) is 30.3 Å². The first kappa shape index (κ1) is 14.4. The fourth-order valence-electron chi connectivity index (χ4n) is 1.82. The van der Waals surface area contributed by atoms with Crippen molar-refractivity contribution >= 4 is 0 Å². The Morgan fingerprint density at radius 3 is 2.60 bits per heavy atom. The Morgan fingerprint density at radius 1 is 1.15 bits per heavy atom. The second kappa shape index (κ2) is 5.96. The van der Waals surface area contributed by atoms with Crippen molar-refractivity contribution in [2.24, 2.45) is 5.73 Å². The molecule has 0 unspecified atom stereocenters. The van der Waals surface area contributed by atoms with Crippen molar-refractivity contribution in [2.75, 3.05) is 0 Å². The molecule has 1 atom stereocenters. The zero-order chi connectivity index (χ0) is 14.7. The van der Waals surface area contributed by atoms with E-state index in [9.17, 15) is 13.2 Å². The molecule has 0 aliphatic rings. The van der Waals surface area contributed by atoms with Gasteiger partial charge in [-0.2, -0.15) is 0 Å². The first-order valence-electron chi connectivity index (χ1n) is 6.09. The minimum atomic E-state index is -0.966. The fourth-order valence-corrected chi connectivity index (χ4v) is 1.82. The van der Waals surface area contributed by atoms with Crippen LogP contribution in [0.15, 0.2) is 36.4 Å². The van der Waals surface area contributed by atoms with Gasteiger partial charge in [0.25, 0.3) is 0 Å². The molecule has 0 aromatic heterocycles. The van der Waals surface area contributed by atoms with E-state index in [0.29, 0.717) is 5.56 Å². The lowest BCUT2D eigenvalue weighted by Crippen LogP contribution is -2.09. The standard InChI is InChI=1S/C15H14F3NO/c1-9(19)12-6-5-11(16)7-14(12)20-8-10-3-2-4-13(17)15(10)18/h2-7,9H,8,19H2,1H3/t9-/m1/s1. The first-order chi connectivity index (χ1) is 9.49. The average molecular weight is 281 g/mol. The van der Waals surface area contributed by atoms with E-state index >= 15 is 0 Å². The molecule has 0 spiro atoms. The molecular formula is C15H14F3NO. The summed E-state index contributed by atoms with van der Waals surface area (Å²) in [7, 11) is 0. The summed E-state index contributed by atoms with van der Waals surface area (Å²) in [6.45, 7) is 1.52. The third kappa shape index (κ3) is 3.11. The topological polar surface area (TPSA) is 35.2 Å². The van der Waals surface area contributed by atoms with Crippen molar-refractivity contribution < 1.29 is 17.9 Å². The largest absolute Gasteiger partial charge is 0.488 e. The van der Waals surface area contributed by atoms with Crippen LogP contribution < -0.4 is 10.5 Å². The van der Waals surface area contributed by atoms with Crippen molar-refractivity contribution in [1.82, 2.24) is 0 Å². The molecule has 0 saturated heterocycles. The normalized spacial score (nSPS) is 12.2. The van der Waals surface area contributed by atoms with Crippen LogP contribution in [0, 0.1) is 17.5 Å². The molecule has 0 radical (unpaired) electrons. The van der Waals surface area contributed by atoms with Crippen LogP contribution >= 0.6 is 0 Å². The lowest BCUT2D eigenvalue weighted by atomic mass is 10.1. The number of nitrogens with two attached hydrogens (primary N) is 1. The maximum absolute atomic E-state index is 13.5. The van der Waals surface area contributed by atoms with Gasteiger partial charge in [0.05, 0.1) is 0 Å². The van der Waals surface area contributed by atoms with Crippen molar-refractivity contribution in [3.05, 3.63) is 65.0 Å². The van der Waals surface area contributed by atoms with Crippen LogP contribution in [0.4, 0.5) is 13.2 Å². The maximum atomic E-state index is 13.5. The molecular weight excluding hydrogens is 267 g/mol. The molecule has 2 rings (SSSR count). The third-order valence-corrected chi connectivity index (χ3v) is 2.88. The van der Waals surface area contributed by atoms with Crippen LogP contribution in [0.3, 0.4) is 0 Å². The van der Waals surface area contributed by atoms with Gasteiger partial charge in [0.1, 0.15) is 18.2 Å². The molecule has 2 nitrogen and oxygen atoms in total. The summed E-state index contributed by atoms with van der Waals surface area (Å²) in [5.41, 5.74) is 6.41. The van der Waals surface area contributed by atoms with Crippen LogP contribution in [-0.4, -0.2) is 0 Å². The van der Waals surface area contributed by atoms with E-state index in [2.05, 4.69) is 0 Å². The molecule has 0 amide bonds. The molecule has 0 bridgehead atoms. The van der Waals surface area contributed by atoms with Crippen LogP contribution in [0.5, 0.6) is 5.75 Å². The van der Waals surface area contributed by atoms with Gasteiger partial charge in [-0.15, -0.1) is 0 Å². The van der Waals surface area contributed by atoms with E-state index in [1.54, 1.807) is 6.92 Å². The highest BCUT2D eigenvalue weighted by atomic mass is 19.2. The predicted octanol–water partition coefficient (Wildman–Crippen LogP) is 3.70. The second-order valence-electron chi connectivity index (χ2n) is 4.47. The highest BCUT2D eigenvalue weighted by molar-refractivity contribution is 5.36. The van der Waals surface area contributed by atoms with E-state index < -0.39 is 17.5 Å². The minimum absolute atomic E-state index is 0.0601. The third-order valence-electron chi connectivity index (χ3n) is 2.88. The molecule has 0 saturated carbocycles. The number of ether oxygens (including phenoxy) is 1. The van der Waals surface area contributed by atoms with E-state index in [4.69, 9.17) is 10.5 Å². The number of rotatable bonds is 4. The van der Waals surface area contributed by atoms with E-state index in [-0.39, 0.29) is 24.0 Å². The zero-order valence-corrected chi connectivity index (χ0v) is 10.9. The smallest absolute Gasteiger partial charge is 0.165 e. The summed E-state index contributed by atoms with van der Waals surface area (Å²) in [4.78, 5) is 0. The number of halogens is 3. The molecule has 20 heavy (non-hydrogen) atoms. The van der Waals surface area contributed by atoms with Crippen molar-refractivity contribution in [3.63, 3.8) is 0 Å². The van der Waals surface area contributed by atoms with E-state index in [1.807, 2.05) is 0 Å². The number of hydrogen-bond acceptors (Lipinski definition) is 2. The highest BCUT2D eigenvalue weighted by Crippen LogP contribution is 2.26. The molecule has 2 aromatic rings. The molecule has 106 valence electrons. The van der Waals surface area contributed by atoms with Crippen molar-refractivity contribution in [1.29, 1.82) is 0 Å². The molecule has 0 aliphatic heterocycles. The average Bonchev–Trinajstić information content (AvgIpc) is 2.40. The van der Waals surface area contributed by atoms with Crippen LogP contribution in [0.25, 0.3) is 0 Å². The van der Waals surface area contributed by atoms with Gasteiger partial charge in [0.15, 0.2) is 11.6 Å². The van der Waals surface area contributed by atoms with Gasteiger partial charge < -0.3 is 10.5 Å². The first-order valence-corrected chi connectivity index (χ1v) is 6.09. The SMILES string of the molecule is C[C@@H](N)c1ccc(F)cc1OCc1cccc(F)c1F. The Bertz CT molecular complexity index is 614. The van der Waals surface area contributed by atoms with Crippen LogP contribution in [0.2, 0.25) is 0 Å². The predicted molar refractivity (Wildman–Crippen MR) is 69.7 cm³/mol. The summed E-state index contributed by atoms with van der Waals surface area (Å²) >= 11 is 0. The molecule has 0 heterocycles. The van der Waals surface area contributed by atoms with Gasteiger partial charge in [-0.3, -0.25) is 0 Å². The zero-order valence-electron chi connectivity index (χ0n) is 10.9. The van der Waals surface area contributed by atoms with Gasteiger partial charge in [-0.05, 0) is 19.1 Å². The molecule has 2 aromatic carbocycles. The number of benzene rings is 2. The Morgan fingerprint density at radius 2 is 1.90 bits per heavy atom. The van der Waals surface area contributed by atoms with E-state index in [0.717, 1.165) is 6.07 Å². The van der Waals surface area contributed by atoms with Gasteiger partial charge in [-0.25, -0.2) is 13.2 Å². The van der Waals surface area contributed by atoms with Gasteiger partial charge in [0, 0.05) is 23.2 Å². The Balaban J connectivity index is 2.22. The Hall–Kier alpha value is -2.01. The summed E-state index contributed by atoms with van der Waals surface area (Å²) in [5, 5.41) is 0. The lowest BCUT2D eigenvalue weighted by molar-refractivity contribution is 0.291. The Kier molecular flexibility index (Phi) is 4.29.